The molecule has 0 radical (unpaired) electrons. The fourth-order valence-electron chi connectivity index (χ4n) is 9.89. The second-order valence-electron chi connectivity index (χ2n) is 19.0. The highest BCUT2D eigenvalue weighted by atomic mass is 16.6. The van der Waals surface area contributed by atoms with E-state index in [0.29, 0.717) is 33.9 Å². The van der Waals surface area contributed by atoms with Crippen molar-refractivity contribution in [2.75, 3.05) is 47.7 Å². The summed E-state index contributed by atoms with van der Waals surface area (Å²) in [5.74, 6) is -3.00. The van der Waals surface area contributed by atoms with E-state index in [1.807, 2.05) is 60.7 Å². The smallest absolute Gasteiger partial charge is 0.305 e. The van der Waals surface area contributed by atoms with Crippen molar-refractivity contribution >= 4 is 68.2 Å². The van der Waals surface area contributed by atoms with Gasteiger partial charge in [-0.15, -0.1) is 12.2 Å². The summed E-state index contributed by atoms with van der Waals surface area (Å²) in [5, 5.41) is 46.2. The quantitative estimate of drug-likeness (QED) is 0.0264. The molecule has 0 unspecified atom stereocenters. The molecule has 7 rings (SSSR count). The first kappa shape index (κ1) is 50.3. The number of ether oxygens (including phenoxy) is 4. The van der Waals surface area contributed by atoms with E-state index in [0.717, 1.165) is 98.6 Å². The molecule has 1 saturated carbocycles. The summed E-state index contributed by atoms with van der Waals surface area (Å²) in [6.07, 6.45) is 9.10. The van der Waals surface area contributed by atoms with E-state index in [9.17, 15) is 29.4 Å². The normalized spacial score (nSPS) is 19.4. The third-order valence-corrected chi connectivity index (χ3v) is 13.6. The summed E-state index contributed by atoms with van der Waals surface area (Å²) in [5.41, 5.74) is 1.77. The van der Waals surface area contributed by atoms with E-state index in [1.54, 1.807) is 0 Å². The van der Waals surface area contributed by atoms with Gasteiger partial charge in [0, 0.05) is 59.2 Å². The van der Waals surface area contributed by atoms with Crippen LogP contribution < -0.4 is 31.5 Å². The number of benzene rings is 4. The molecule has 4 aromatic carbocycles. The number of carbonyl (C=O) groups is 4. The topological polar surface area (TPSA) is 199 Å². The van der Waals surface area contributed by atoms with Gasteiger partial charge in [-0.05, 0) is 83.7 Å². The zero-order valence-corrected chi connectivity index (χ0v) is 40.3. The summed E-state index contributed by atoms with van der Waals surface area (Å²) in [6.45, 7) is 7.87. The van der Waals surface area contributed by atoms with Crippen molar-refractivity contribution in [3.8, 4) is 0 Å². The van der Waals surface area contributed by atoms with Gasteiger partial charge in [0.05, 0.1) is 0 Å². The Labute approximate surface area is 400 Å². The first-order valence-electron chi connectivity index (χ1n) is 25.1. The van der Waals surface area contributed by atoms with Gasteiger partial charge < -0.3 is 50.4 Å². The number of hydrogen-bond acceptors (Lipinski definition) is 14. The van der Waals surface area contributed by atoms with Crippen LogP contribution >= 0.6 is 0 Å². The van der Waals surface area contributed by atoms with Gasteiger partial charge in [0.25, 0.3) is 0 Å². The lowest BCUT2D eigenvalue weighted by molar-refractivity contribution is -0.535. The van der Waals surface area contributed by atoms with Crippen LogP contribution in [0.1, 0.15) is 153 Å². The summed E-state index contributed by atoms with van der Waals surface area (Å²) in [6, 6.07) is 18.7. The summed E-state index contributed by atoms with van der Waals surface area (Å²) in [4.78, 5) is 51.3. The van der Waals surface area contributed by atoms with Crippen LogP contribution in [0.15, 0.2) is 60.7 Å². The molecule has 1 fully saturated rings. The van der Waals surface area contributed by atoms with Crippen LogP contribution in [0.2, 0.25) is 0 Å². The maximum Gasteiger partial charge on any atom is 0.305 e. The van der Waals surface area contributed by atoms with Crippen molar-refractivity contribution < 1.29 is 48.3 Å². The molecule has 14 heteroatoms. The fraction of sp³-hybridized carbons (Fsp3) is 0.556. The van der Waals surface area contributed by atoms with Crippen molar-refractivity contribution in [3.63, 3.8) is 0 Å². The van der Waals surface area contributed by atoms with E-state index in [1.165, 1.54) is 0 Å². The number of carbonyl (C=O) groups excluding carboxylic acids is 4. The molecule has 0 atom stereocenters. The van der Waals surface area contributed by atoms with E-state index in [2.05, 4.69) is 49.0 Å². The van der Waals surface area contributed by atoms with E-state index < -0.39 is 35.4 Å². The Balaban J connectivity index is 1.11. The maximum atomic E-state index is 14.6. The van der Waals surface area contributed by atoms with E-state index >= 15 is 0 Å². The van der Waals surface area contributed by atoms with Crippen molar-refractivity contribution in [1.82, 2.24) is 0 Å². The van der Waals surface area contributed by atoms with E-state index in [-0.39, 0.29) is 76.0 Å². The van der Waals surface area contributed by atoms with Gasteiger partial charge in [0.2, 0.25) is 0 Å². The molecule has 1 aliphatic carbocycles. The number of esters is 4. The summed E-state index contributed by atoms with van der Waals surface area (Å²) >= 11 is 0. The molecular weight excluding hydrogens is 865 g/mol. The molecule has 0 amide bonds. The lowest BCUT2D eigenvalue weighted by Gasteiger charge is -2.62. The Hall–Kier alpha value is -5.60. The zero-order chi connectivity index (χ0) is 48.3. The predicted molar refractivity (Wildman–Crippen MR) is 261 cm³/mol. The number of hydrogen-bond donors (Lipinski definition) is 4. The predicted octanol–water partition coefficient (Wildman–Crippen LogP) is 8.89. The lowest BCUT2D eigenvalue weighted by atomic mass is 9.62. The molecule has 0 saturated heterocycles. The lowest BCUT2D eigenvalue weighted by Crippen LogP contribution is -2.63. The molecule has 14 nitrogen and oxygen atoms in total. The van der Waals surface area contributed by atoms with Crippen LogP contribution in [0.25, 0.3) is 21.5 Å². The molecule has 68 heavy (non-hydrogen) atoms. The van der Waals surface area contributed by atoms with Crippen LogP contribution in [0.5, 0.6) is 0 Å². The van der Waals surface area contributed by atoms with Crippen LogP contribution in [-0.4, -0.2) is 73.8 Å². The molecule has 2 heterocycles. The minimum atomic E-state index is -1.25. The monoisotopic (exact) mass is 935 g/mol. The van der Waals surface area contributed by atoms with E-state index in [4.69, 9.17) is 18.9 Å². The zero-order valence-electron chi connectivity index (χ0n) is 40.3. The second-order valence-corrected chi connectivity index (χ2v) is 19.0. The van der Waals surface area contributed by atoms with Crippen molar-refractivity contribution in [2.24, 2.45) is 0 Å². The molecule has 2 aliphatic heterocycles. The molecule has 0 spiro atoms. The molecule has 4 N–H and O–H groups in total. The minimum Gasteiger partial charge on any atom is -0.851 e. The molecule has 368 valence electrons. The van der Waals surface area contributed by atoms with Gasteiger partial charge in [0.15, 0.2) is 11.3 Å². The number of unbranched alkanes of at least 4 members (excludes halogenated alkanes) is 8. The number of rotatable bonds is 26. The minimum absolute atomic E-state index is 0.104. The number of nitrogens with one attached hydrogen (secondary N) is 4. The van der Waals surface area contributed by atoms with Crippen LogP contribution in [-0.2, 0) is 38.1 Å². The second kappa shape index (κ2) is 23.1. The van der Waals surface area contributed by atoms with Gasteiger partial charge in [0.1, 0.15) is 26.4 Å². The van der Waals surface area contributed by atoms with Gasteiger partial charge in [-0.3, -0.25) is 19.2 Å². The average molecular weight is 935 g/mol. The van der Waals surface area contributed by atoms with Crippen molar-refractivity contribution in [3.05, 3.63) is 71.8 Å². The van der Waals surface area contributed by atoms with Crippen molar-refractivity contribution in [2.45, 2.75) is 166 Å². The average Bonchev–Trinajstić information content (AvgIpc) is 3.33. The third-order valence-electron chi connectivity index (χ3n) is 13.6. The molecule has 3 aliphatic rings. The largest absolute Gasteiger partial charge is 0.851 e. The van der Waals surface area contributed by atoms with Gasteiger partial charge >= 0.3 is 23.9 Å². The highest BCUT2D eigenvalue weighted by Gasteiger charge is 2.44. The van der Waals surface area contributed by atoms with Gasteiger partial charge in [-0.1, -0.05) is 115 Å². The highest BCUT2D eigenvalue weighted by Crippen LogP contribution is 2.52. The highest BCUT2D eigenvalue weighted by molar-refractivity contribution is 6.08. The standard InChI is InChI=1S/C54H70N4O10/c1-5-9-13-23-43(59)65-31-53(32-66-44(60)24-14-10-6-2)55-39-21-17-19-35-37(27-29-41(57-53)47(35)39)49-51(63)50(52(49)64)38-28-30-42-48-36(38)20-18-22-40(48)56-54(58-42,33-67-45(61)25-15-11-7-3)34-68-46(62)26-16-12-8-4/h17-22,27-30,49-52,55-58H,5-16,23-26,31-34H2,1-4H3/q-2. The Kier molecular flexibility index (Phi) is 17.1. The maximum absolute atomic E-state index is 14.6. The number of anilines is 4. The summed E-state index contributed by atoms with van der Waals surface area (Å²) < 4.78 is 23.2. The Morgan fingerprint density at radius 3 is 1.03 bits per heavy atom. The molecular formula is C54H70N4O10-2. The molecule has 0 aromatic heterocycles. The van der Waals surface area contributed by atoms with Crippen LogP contribution in [0.3, 0.4) is 0 Å². The molecule has 0 bridgehead atoms. The van der Waals surface area contributed by atoms with Crippen LogP contribution in [0, 0.1) is 0 Å². The van der Waals surface area contributed by atoms with Crippen LogP contribution in [0.4, 0.5) is 22.7 Å². The third kappa shape index (κ3) is 11.5. The Morgan fingerprint density at radius 2 is 0.735 bits per heavy atom. The fourth-order valence-corrected chi connectivity index (χ4v) is 9.89. The van der Waals surface area contributed by atoms with Crippen molar-refractivity contribution in [1.29, 1.82) is 0 Å². The first-order chi connectivity index (χ1) is 33.0. The van der Waals surface area contributed by atoms with Gasteiger partial charge in [-0.25, -0.2) is 0 Å². The SMILES string of the molecule is CCCCCC(=O)OCC1(COC(=O)CCCCC)Nc2cccc3c(C4C([O-])C(c5ccc6c7c(cccc57)NC(COC(=O)CCCCC)(COC(=O)CCCCC)N6)C4[O-])ccc(c23)N1. The van der Waals surface area contributed by atoms with Gasteiger partial charge in [-0.2, -0.15) is 0 Å². The molecule has 4 aromatic rings. The summed E-state index contributed by atoms with van der Waals surface area (Å²) in [7, 11) is 0. The Bertz CT molecular complexity index is 2150. The first-order valence-corrected chi connectivity index (χ1v) is 25.1. The Morgan fingerprint density at radius 1 is 0.441 bits per heavy atom.